The van der Waals surface area contributed by atoms with Gasteiger partial charge in [-0.15, -0.1) is 0 Å². The van der Waals surface area contributed by atoms with Crippen LogP contribution in [-0.2, 0) is 13.1 Å². The highest BCUT2D eigenvalue weighted by atomic mass is 15.1. The highest BCUT2D eigenvalue weighted by molar-refractivity contribution is 4.97. The van der Waals surface area contributed by atoms with Crippen LogP contribution in [0.1, 0.15) is 39.3 Å². The van der Waals surface area contributed by atoms with E-state index >= 15 is 0 Å². The van der Waals surface area contributed by atoms with Crippen LogP contribution >= 0.6 is 0 Å². The van der Waals surface area contributed by atoms with Crippen LogP contribution in [0.5, 0.6) is 0 Å². The third-order valence-corrected chi connectivity index (χ3v) is 2.70. The van der Waals surface area contributed by atoms with Crippen LogP contribution in [0.25, 0.3) is 0 Å². The number of aromatic nitrogens is 2. The van der Waals surface area contributed by atoms with Crippen molar-refractivity contribution in [2.24, 2.45) is 0 Å². The Kier molecular flexibility index (Phi) is 4.66. The van der Waals surface area contributed by atoms with Gasteiger partial charge >= 0.3 is 0 Å². The number of nitrogens with zero attached hydrogens (tertiary/aromatic N) is 2. The van der Waals surface area contributed by atoms with Crippen molar-refractivity contribution >= 4 is 0 Å². The average Bonchev–Trinajstić information content (AvgIpc) is 2.67. The lowest BCUT2D eigenvalue weighted by atomic mass is 10.2. The molecule has 1 rings (SSSR count). The van der Waals surface area contributed by atoms with Gasteiger partial charge < -0.3 is 9.88 Å². The molecule has 1 N–H and O–H groups in total. The topological polar surface area (TPSA) is 29.9 Å². The second-order valence-electron chi connectivity index (χ2n) is 3.57. The third-order valence-electron chi connectivity index (χ3n) is 2.70. The standard InChI is InChI=1S/C11H21N3/c1-4-10(5-2)13-8-11-7-12-9-14(11)6-3/h7,9-10,13H,4-6,8H2,1-3H3. The summed E-state index contributed by atoms with van der Waals surface area (Å²) in [5, 5.41) is 3.54. The zero-order chi connectivity index (χ0) is 10.4. The molecule has 1 aromatic rings. The highest BCUT2D eigenvalue weighted by Gasteiger charge is 2.04. The number of nitrogens with one attached hydrogen (secondary N) is 1. The molecule has 3 heteroatoms. The first-order chi connectivity index (χ1) is 6.81. The molecule has 0 aliphatic rings. The molecular formula is C11H21N3. The fraction of sp³-hybridized carbons (Fsp3) is 0.727. The molecule has 1 aromatic heterocycles. The Balaban J connectivity index is 2.44. The van der Waals surface area contributed by atoms with Crippen LogP contribution in [0.4, 0.5) is 0 Å². The van der Waals surface area contributed by atoms with Crippen molar-refractivity contribution in [2.75, 3.05) is 0 Å². The Bertz CT molecular complexity index is 251. The zero-order valence-corrected chi connectivity index (χ0v) is 9.45. The molecule has 0 aliphatic carbocycles. The fourth-order valence-electron chi connectivity index (χ4n) is 1.61. The summed E-state index contributed by atoms with van der Waals surface area (Å²) in [5.74, 6) is 0. The lowest BCUT2D eigenvalue weighted by molar-refractivity contribution is 0.473. The molecule has 0 bridgehead atoms. The summed E-state index contributed by atoms with van der Waals surface area (Å²) in [7, 11) is 0. The molecule has 0 saturated heterocycles. The Hall–Kier alpha value is -0.830. The van der Waals surface area contributed by atoms with Gasteiger partial charge in [0, 0.05) is 25.3 Å². The van der Waals surface area contributed by atoms with Gasteiger partial charge in [-0.3, -0.25) is 0 Å². The van der Waals surface area contributed by atoms with E-state index in [1.807, 2.05) is 12.5 Å². The SMILES string of the molecule is CCC(CC)NCc1cncn1CC. The van der Waals surface area contributed by atoms with E-state index in [4.69, 9.17) is 0 Å². The molecule has 3 nitrogen and oxygen atoms in total. The summed E-state index contributed by atoms with van der Waals surface area (Å²) < 4.78 is 2.18. The predicted molar refractivity (Wildman–Crippen MR) is 59.1 cm³/mol. The molecule has 80 valence electrons. The summed E-state index contributed by atoms with van der Waals surface area (Å²) in [6, 6.07) is 0.634. The number of hydrogen-bond donors (Lipinski definition) is 1. The van der Waals surface area contributed by atoms with Crippen LogP contribution < -0.4 is 5.32 Å². The summed E-state index contributed by atoms with van der Waals surface area (Å²) in [6.07, 6.45) is 6.22. The Labute approximate surface area is 86.5 Å². The van der Waals surface area contributed by atoms with E-state index < -0.39 is 0 Å². The zero-order valence-electron chi connectivity index (χ0n) is 9.45. The van der Waals surface area contributed by atoms with Crippen molar-refractivity contribution in [1.82, 2.24) is 14.9 Å². The van der Waals surface area contributed by atoms with Gasteiger partial charge in [0.2, 0.25) is 0 Å². The number of imidazole rings is 1. The molecule has 0 radical (unpaired) electrons. The van der Waals surface area contributed by atoms with E-state index in [9.17, 15) is 0 Å². The molecule has 0 atom stereocenters. The highest BCUT2D eigenvalue weighted by Crippen LogP contribution is 2.02. The van der Waals surface area contributed by atoms with E-state index in [0.29, 0.717) is 6.04 Å². The van der Waals surface area contributed by atoms with Crippen molar-refractivity contribution in [3.05, 3.63) is 18.2 Å². The van der Waals surface area contributed by atoms with Crippen LogP contribution in [0.15, 0.2) is 12.5 Å². The van der Waals surface area contributed by atoms with Crippen molar-refractivity contribution in [3.63, 3.8) is 0 Å². The molecule has 0 aliphatic heterocycles. The van der Waals surface area contributed by atoms with Gasteiger partial charge in [-0.25, -0.2) is 4.98 Å². The quantitative estimate of drug-likeness (QED) is 0.754. The summed E-state index contributed by atoms with van der Waals surface area (Å²) in [4.78, 5) is 4.15. The van der Waals surface area contributed by atoms with E-state index in [-0.39, 0.29) is 0 Å². The summed E-state index contributed by atoms with van der Waals surface area (Å²) in [6.45, 7) is 8.51. The van der Waals surface area contributed by atoms with E-state index in [1.54, 1.807) is 0 Å². The maximum Gasteiger partial charge on any atom is 0.0948 e. The Morgan fingerprint density at radius 3 is 2.64 bits per heavy atom. The third kappa shape index (κ3) is 2.84. The number of hydrogen-bond acceptors (Lipinski definition) is 2. The molecule has 0 aromatic carbocycles. The van der Waals surface area contributed by atoms with Gasteiger partial charge in [0.05, 0.1) is 12.0 Å². The largest absolute Gasteiger partial charge is 0.334 e. The predicted octanol–water partition coefficient (Wildman–Crippen LogP) is 2.18. The van der Waals surface area contributed by atoms with Gasteiger partial charge in [-0.05, 0) is 19.8 Å². The van der Waals surface area contributed by atoms with Gasteiger partial charge in [-0.1, -0.05) is 13.8 Å². The van der Waals surface area contributed by atoms with Crippen LogP contribution in [0.3, 0.4) is 0 Å². The fourth-order valence-corrected chi connectivity index (χ4v) is 1.61. The second-order valence-corrected chi connectivity index (χ2v) is 3.57. The van der Waals surface area contributed by atoms with Crippen LogP contribution in [0.2, 0.25) is 0 Å². The smallest absolute Gasteiger partial charge is 0.0948 e. The van der Waals surface area contributed by atoms with Gasteiger partial charge in [0.15, 0.2) is 0 Å². The van der Waals surface area contributed by atoms with Crippen molar-refractivity contribution < 1.29 is 0 Å². The maximum atomic E-state index is 4.15. The van der Waals surface area contributed by atoms with Crippen molar-refractivity contribution in [3.8, 4) is 0 Å². The van der Waals surface area contributed by atoms with E-state index in [2.05, 4.69) is 35.6 Å². The normalized spacial score (nSPS) is 11.1. The summed E-state index contributed by atoms with van der Waals surface area (Å²) in [5.41, 5.74) is 1.28. The first-order valence-electron chi connectivity index (χ1n) is 5.54. The van der Waals surface area contributed by atoms with E-state index in [1.165, 1.54) is 18.5 Å². The maximum absolute atomic E-state index is 4.15. The minimum absolute atomic E-state index is 0.634. The van der Waals surface area contributed by atoms with Crippen molar-refractivity contribution in [2.45, 2.75) is 52.7 Å². The first kappa shape index (κ1) is 11.2. The molecule has 0 fully saturated rings. The van der Waals surface area contributed by atoms with Crippen molar-refractivity contribution in [1.29, 1.82) is 0 Å². The van der Waals surface area contributed by atoms with Crippen LogP contribution in [-0.4, -0.2) is 15.6 Å². The van der Waals surface area contributed by atoms with Gasteiger partial charge in [0.1, 0.15) is 0 Å². The molecule has 0 saturated carbocycles. The average molecular weight is 195 g/mol. The molecular weight excluding hydrogens is 174 g/mol. The lowest BCUT2D eigenvalue weighted by Crippen LogP contribution is -2.27. The molecule has 0 unspecified atom stereocenters. The van der Waals surface area contributed by atoms with Gasteiger partial charge in [-0.2, -0.15) is 0 Å². The van der Waals surface area contributed by atoms with E-state index in [0.717, 1.165) is 13.1 Å². The number of aryl methyl sites for hydroxylation is 1. The monoisotopic (exact) mass is 195 g/mol. The Morgan fingerprint density at radius 2 is 2.07 bits per heavy atom. The lowest BCUT2D eigenvalue weighted by Gasteiger charge is -2.14. The van der Waals surface area contributed by atoms with Gasteiger partial charge in [0.25, 0.3) is 0 Å². The Morgan fingerprint density at radius 1 is 1.36 bits per heavy atom. The molecule has 0 spiro atoms. The molecule has 14 heavy (non-hydrogen) atoms. The first-order valence-corrected chi connectivity index (χ1v) is 5.54. The minimum atomic E-state index is 0.634. The second kappa shape index (κ2) is 5.81. The molecule has 1 heterocycles. The minimum Gasteiger partial charge on any atom is -0.334 e. The summed E-state index contributed by atoms with van der Waals surface area (Å²) >= 11 is 0. The number of rotatable bonds is 6. The molecule has 0 amide bonds. The van der Waals surface area contributed by atoms with Crippen LogP contribution in [0, 0.1) is 0 Å².